The molecule has 1 aromatic heterocycles. The van der Waals surface area contributed by atoms with Crippen LogP contribution in [0, 0.1) is 4.77 Å². The first-order valence-corrected chi connectivity index (χ1v) is 3.55. The van der Waals surface area contributed by atoms with E-state index in [1.54, 1.807) is 4.68 Å². The monoisotopic (exact) mass is 177 g/mol. The van der Waals surface area contributed by atoms with Crippen molar-refractivity contribution in [2.45, 2.75) is 6.54 Å². The van der Waals surface area contributed by atoms with Crippen molar-refractivity contribution in [3.63, 3.8) is 0 Å². The van der Waals surface area contributed by atoms with Crippen LogP contribution in [0.5, 0.6) is 0 Å². The van der Waals surface area contributed by atoms with Crippen molar-refractivity contribution in [3.8, 4) is 0 Å². The highest BCUT2D eigenvalue weighted by molar-refractivity contribution is 7.78. The maximum absolute atomic E-state index is 4.83. The minimum Gasteiger partial charge on any atom is -0.265 e. The molecule has 7 heteroatoms. The average Bonchev–Trinajstić information content (AvgIpc) is 2.31. The molecule has 0 unspecified atom stereocenters. The molecule has 10 heavy (non-hydrogen) atoms. The summed E-state index contributed by atoms with van der Waals surface area (Å²) in [6, 6.07) is 0. The highest BCUT2D eigenvalue weighted by atomic mass is 32.1. The normalized spacial score (nSPS) is 10.1. The number of rotatable bonds is 3. The van der Waals surface area contributed by atoms with Gasteiger partial charge in [-0.05, 0) is 22.6 Å². The summed E-state index contributed by atoms with van der Waals surface area (Å²) in [5.74, 6) is 0. The van der Waals surface area contributed by atoms with Gasteiger partial charge in [-0.2, -0.15) is 0 Å². The third-order valence-electron chi connectivity index (χ3n) is 0.968. The number of H-pyrrole nitrogens is 1. The second-order valence-electron chi connectivity index (χ2n) is 1.64. The van der Waals surface area contributed by atoms with E-state index in [9.17, 15) is 0 Å². The van der Waals surface area contributed by atoms with Crippen molar-refractivity contribution < 1.29 is 0 Å². The molecule has 1 aromatic rings. The van der Waals surface area contributed by atoms with Crippen LogP contribution in [-0.4, -0.2) is 26.8 Å². The predicted molar refractivity (Wildman–Crippen MR) is 42.2 cm³/mol. The van der Waals surface area contributed by atoms with Gasteiger partial charge in [-0.3, -0.25) is 4.72 Å². The lowest BCUT2D eigenvalue weighted by Crippen LogP contribution is -2.12. The third kappa shape index (κ3) is 1.79. The zero-order chi connectivity index (χ0) is 7.40. The van der Waals surface area contributed by atoms with Crippen molar-refractivity contribution in [2.24, 2.45) is 0 Å². The van der Waals surface area contributed by atoms with E-state index in [0.717, 1.165) is 0 Å². The summed E-state index contributed by atoms with van der Waals surface area (Å²) < 4.78 is 4.79. The first kappa shape index (κ1) is 7.70. The number of tetrazole rings is 1. The van der Waals surface area contributed by atoms with E-state index in [1.165, 1.54) is 0 Å². The fourth-order valence-electron chi connectivity index (χ4n) is 0.520. The van der Waals surface area contributed by atoms with Gasteiger partial charge in [-0.15, -0.1) is 0 Å². The number of aromatic nitrogens is 4. The molecule has 0 aliphatic rings. The van der Waals surface area contributed by atoms with Crippen LogP contribution in [-0.2, 0) is 6.54 Å². The van der Waals surface area contributed by atoms with Crippen LogP contribution >= 0.6 is 25.0 Å². The van der Waals surface area contributed by atoms with E-state index in [-0.39, 0.29) is 0 Å². The Bertz CT molecular complexity index is 239. The van der Waals surface area contributed by atoms with E-state index in [1.807, 2.05) is 0 Å². The van der Waals surface area contributed by atoms with Crippen molar-refractivity contribution in [1.82, 2.24) is 24.9 Å². The lowest BCUT2D eigenvalue weighted by Gasteiger charge is -1.94. The molecule has 0 saturated carbocycles. The van der Waals surface area contributed by atoms with E-state index >= 15 is 0 Å². The molecule has 0 aliphatic heterocycles. The van der Waals surface area contributed by atoms with E-state index in [4.69, 9.17) is 12.2 Å². The molecule has 5 nitrogen and oxygen atoms in total. The van der Waals surface area contributed by atoms with Gasteiger partial charge in [-0.25, -0.2) is 9.78 Å². The summed E-state index contributed by atoms with van der Waals surface area (Å²) >= 11 is 8.64. The van der Waals surface area contributed by atoms with E-state index < -0.39 is 0 Å². The van der Waals surface area contributed by atoms with Crippen LogP contribution in [0.15, 0.2) is 0 Å². The smallest absolute Gasteiger partial charge is 0.213 e. The van der Waals surface area contributed by atoms with Gasteiger partial charge in [0.1, 0.15) is 0 Å². The molecule has 2 N–H and O–H groups in total. The van der Waals surface area contributed by atoms with Gasteiger partial charge < -0.3 is 0 Å². The van der Waals surface area contributed by atoms with Gasteiger partial charge in [-0.1, -0.05) is 12.8 Å². The second-order valence-corrected chi connectivity index (χ2v) is 2.34. The first-order chi connectivity index (χ1) is 4.84. The van der Waals surface area contributed by atoms with Crippen LogP contribution in [0.1, 0.15) is 0 Å². The molecule has 0 atom stereocenters. The van der Waals surface area contributed by atoms with Crippen molar-refractivity contribution in [2.75, 3.05) is 6.54 Å². The van der Waals surface area contributed by atoms with Gasteiger partial charge >= 0.3 is 0 Å². The first-order valence-electron chi connectivity index (χ1n) is 2.69. The Morgan fingerprint density at radius 2 is 2.60 bits per heavy atom. The number of hydrogen-bond donors (Lipinski definition) is 3. The van der Waals surface area contributed by atoms with E-state index in [0.29, 0.717) is 17.9 Å². The molecule has 56 valence electrons. The quantitative estimate of drug-likeness (QED) is 0.441. The highest BCUT2D eigenvalue weighted by Crippen LogP contribution is 1.81. The maximum Gasteiger partial charge on any atom is 0.213 e. The maximum atomic E-state index is 4.83. The molecule has 0 fully saturated rings. The molecule has 1 rings (SSSR count). The minimum absolute atomic E-state index is 0.531. The Morgan fingerprint density at radius 1 is 1.80 bits per heavy atom. The lowest BCUT2D eigenvalue weighted by molar-refractivity contribution is 0.582. The van der Waals surface area contributed by atoms with Crippen LogP contribution in [0.4, 0.5) is 0 Å². The molecule has 0 saturated heterocycles. The molecule has 0 bridgehead atoms. The molecule has 0 spiro atoms. The number of nitrogens with one attached hydrogen (secondary N) is 2. The summed E-state index contributed by atoms with van der Waals surface area (Å²) in [5.41, 5.74) is 0. The zero-order valence-electron chi connectivity index (χ0n) is 5.11. The van der Waals surface area contributed by atoms with Crippen molar-refractivity contribution in [3.05, 3.63) is 4.77 Å². The Balaban J connectivity index is 2.57. The number of hydrogen-bond acceptors (Lipinski definition) is 5. The van der Waals surface area contributed by atoms with Gasteiger partial charge in [0.15, 0.2) is 0 Å². The summed E-state index contributed by atoms with van der Waals surface area (Å²) in [6.45, 7) is 1.39. The van der Waals surface area contributed by atoms with Gasteiger partial charge in [0.2, 0.25) is 4.77 Å². The van der Waals surface area contributed by atoms with E-state index in [2.05, 4.69) is 33.1 Å². The van der Waals surface area contributed by atoms with Crippen LogP contribution in [0.25, 0.3) is 0 Å². The molecule has 0 aromatic carbocycles. The second kappa shape index (κ2) is 3.69. The van der Waals surface area contributed by atoms with Crippen LogP contribution < -0.4 is 4.72 Å². The fourth-order valence-corrected chi connectivity index (χ4v) is 0.788. The largest absolute Gasteiger partial charge is 0.265 e. The summed E-state index contributed by atoms with van der Waals surface area (Å²) in [6.07, 6.45) is 0. The van der Waals surface area contributed by atoms with Gasteiger partial charge in [0, 0.05) is 6.54 Å². The Morgan fingerprint density at radius 3 is 3.10 bits per heavy atom. The molecule has 0 radical (unpaired) electrons. The topological polar surface area (TPSA) is 58.5 Å². The Hall–Kier alpha value is -0.400. The molecular weight excluding hydrogens is 170 g/mol. The van der Waals surface area contributed by atoms with Crippen molar-refractivity contribution in [1.29, 1.82) is 0 Å². The van der Waals surface area contributed by atoms with Crippen molar-refractivity contribution >= 4 is 25.0 Å². The highest BCUT2D eigenvalue weighted by Gasteiger charge is 1.91. The Kier molecular flexibility index (Phi) is 2.84. The number of aromatic amines is 1. The number of thiol groups is 1. The third-order valence-corrected chi connectivity index (χ3v) is 1.49. The zero-order valence-corrected chi connectivity index (χ0v) is 6.82. The molecular formula is C3H7N5S2. The van der Waals surface area contributed by atoms with Gasteiger partial charge in [0.05, 0.1) is 6.54 Å². The molecule has 1 heterocycles. The predicted octanol–water partition coefficient (Wildman–Crippen LogP) is -0.230. The lowest BCUT2D eigenvalue weighted by atomic mass is 10.7. The standard InChI is InChI=1S/C3H7N5S2/c9-3-5-6-7-8(3)2-1-4-10/h4,10H,1-2H2,(H,5,7,9). The summed E-state index contributed by atoms with van der Waals surface area (Å²) in [7, 11) is 0. The van der Waals surface area contributed by atoms with Crippen LogP contribution in [0.2, 0.25) is 0 Å². The number of nitrogens with zero attached hydrogens (tertiary/aromatic N) is 3. The summed E-state index contributed by atoms with van der Waals surface area (Å²) in [4.78, 5) is 0. The van der Waals surface area contributed by atoms with Crippen LogP contribution in [0.3, 0.4) is 0 Å². The fraction of sp³-hybridized carbons (Fsp3) is 0.667. The Labute approximate surface area is 68.3 Å². The molecule has 0 amide bonds. The SMILES string of the molecule is S=c1[nH]nnn1CCNS. The van der Waals surface area contributed by atoms with Gasteiger partial charge in [0.25, 0.3) is 0 Å². The summed E-state index contributed by atoms with van der Waals surface area (Å²) in [5, 5.41) is 9.73. The minimum atomic E-state index is 0.531. The average molecular weight is 177 g/mol. The molecule has 0 aliphatic carbocycles.